The Labute approximate surface area is 227 Å². The van der Waals surface area contributed by atoms with Gasteiger partial charge in [-0.2, -0.15) is 0 Å². The summed E-state index contributed by atoms with van der Waals surface area (Å²) in [5.41, 5.74) is 12.7. The molecule has 1 saturated heterocycles. The smallest absolute Gasteiger partial charge is 0.338 e. The number of amides is 1. The Morgan fingerprint density at radius 1 is 1.14 bits per heavy atom. The summed E-state index contributed by atoms with van der Waals surface area (Å²) in [4.78, 5) is 27.2. The number of ether oxygens (including phenoxy) is 3. The molecule has 1 fully saturated rings. The molecule has 208 valence electrons. The van der Waals surface area contributed by atoms with E-state index in [1.54, 1.807) is 18.2 Å². The largest absolute Gasteiger partial charge is 0.491 e. The minimum absolute atomic E-state index is 0. The van der Waals surface area contributed by atoms with Crippen molar-refractivity contribution in [2.24, 2.45) is 11.7 Å². The van der Waals surface area contributed by atoms with Crippen molar-refractivity contribution in [1.29, 1.82) is 0 Å². The van der Waals surface area contributed by atoms with Gasteiger partial charge in [0.25, 0.3) is 5.91 Å². The van der Waals surface area contributed by atoms with Crippen LogP contribution in [-0.2, 0) is 14.3 Å². The summed E-state index contributed by atoms with van der Waals surface area (Å²) >= 11 is 0. The van der Waals surface area contributed by atoms with Crippen LogP contribution in [0.25, 0.3) is 0 Å². The normalized spacial score (nSPS) is 14.2. The summed E-state index contributed by atoms with van der Waals surface area (Å²) in [6, 6.07) is 4.39. The van der Waals surface area contributed by atoms with E-state index in [1.165, 1.54) is 0 Å². The fourth-order valence-electron chi connectivity index (χ4n) is 3.76. The third-order valence-corrected chi connectivity index (χ3v) is 6.09. The number of esters is 1. The molecular weight excluding hydrogens is 507 g/mol. The van der Waals surface area contributed by atoms with Crippen LogP contribution < -0.4 is 21.3 Å². The van der Waals surface area contributed by atoms with Crippen LogP contribution in [0.4, 0.5) is 5.69 Å². The van der Waals surface area contributed by atoms with Crippen LogP contribution in [0, 0.1) is 5.92 Å². The Morgan fingerprint density at radius 3 is 2.47 bits per heavy atom. The molecule has 1 aliphatic rings. The summed E-state index contributed by atoms with van der Waals surface area (Å²) in [7, 11) is 0. The minimum atomic E-state index is -0.611. The van der Waals surface area contributed by atoms with Crippen molar-refractivity contribution in [3.8, 4) is 5.75 Å². The van der Waals surface area contributed by atoms with Crippen LogP contribution in [0.5, 0.6) is 5.75 Å². The van der Waals surface area contributed by atoms with Gasteiger partial charge in [-0.15, -0.1) is 24.8 Å². The number of rotatable bonds is 15. The Kier molecular flexibility index (Phi) is 18.4. The van der Waals surface area contributed by atoms with E-state index in [0.29, 0.717) is 49.1 Å². The number of carbonyl (C=O) groups excluding carboxylic acids is 2. The number of benzene rings is 1. The Morgan fingerprint density at radius 2 is 1.83 bits per heavy atom. The lowest BCUT2D eigenvalue weighted by molar-refractivity contribution is -0.122. The highest BCUT2D eigenvalue weighted by molar-refractivity contribution is 5.91. The van der Waals surface area contributed by atoms with Gasteiger partial charge >= 0.3 is 5.97 Å². The van der Waals surface area contributed by atoms with Crippen molar-refractivity contribution in [2.75, 3.05) is 51.5 Å². The van der Waals surface area contributed by atoms with E-state index in [0.717, 1.165) is 52.0 Å². The van der Waals surface area contributed by atoms with Crippen molar-refractivity contribution in [1.82, 2.24) is 10.3 Å². The Balaban J connectivity index is 0.00000612. The number of nitrogens with one attached hydrogen (secondary N) is 2. The third kappa shape index (κ3) is 12.0. The van der Waals surface area contributed by atoms with Gasteiger partial charge < -0.3 is 24.8 Å². The van der Waals surface area contributed by atoms with Gasteiger partial charge in [-0.25, -0.2) is 4.79 Å². The molecule has 11 heteroatoms. The van der Waals surface area contributed by atoms with Gasteiger partial charge in [0.05, 0.1) is 23.9 Å². The first-order valence-electron chi connectivity index (χ1n) is 12.5. The topological polar surface area (TPSA) is 115 Å². The minimum Gasteiger partial charge on any atom is -0.491 e. The fourth-order valence-corrected chi connectivity index (χ4v) is 3.76. The van der Waals surface area contributed by atoms with E-state index in [4.69, 9.17) is 19.9 Å². The number of anilines is 1. The summed E-state index contributed by atoms with van der Waals surface area (Å²) in [6.45, 7) is 11.0. The summed E-state index contributed by atoms with van der Waals surface area (Å²) < 4.78 is 16.7. The average Bonchev–Trinajstić information content (AvgIpc) is 2.86. The standard InChI is InChI=1S/C25H42N4O5.2ClH/c1-4-7-13-33-23-18-20(25(31)34-16-12-29(5-2)6-3)8-9-22(23)27-28-24(30)21(26)17-19-10-14-32-15-11-19;;/h8-9,18-19,21,27H,4-7,10-17,26H2,1-3H3,(H,28,30);2*1H. The second-order valence-electron chi connectivity index (χ2n) is 8.59. The quantitative estimate of drug-likeness (QED) is 0.171. The van der Waals surface area contributed by atoms with Crippen LogP contribution in [-0.4, -0.2) is 68.9 Å². The first-order valence-corrected chi connectivity index (χ1v) is 12.5. The lowest BCUT2D eigenvalue weighted by Crippen LogP contribution is -2.44. The van der Waals surface area contributed by atoms with E-state index in [1.807, 2.05) is 0 Å². The second kappa shape index (κ2) is 19.3. The van der Waals surface area contributed by atoms with Gasteiger partial charge in [-0.1, -0.05) is 27.2 Å². The number of hydrazine groups is 1. The molecule has 0 spiro atoms. The van der Waals surface area contributed by atoms with E-state index < -0.39 is 12.0 Å². The maximum atomic E-state index is 12.5. The highest BCUT2D eigenvalue weighted by Crippen LogP contribution is 2.26. The molecule has 1 aliphatic heterocycles. The number of likely N-dealkylation sites (N-methyl/N-ethyl adjacent to an activating group) is 1. The number of unbranched alkanes of at least 4 members (excludes halogenated alkanes) is 1. The predicted molar refractivity (Wildman–Crippen MR) is 147 cm³/mol. The van der Waals surface area contributed by atoms with Gasteiger partial charge in [0.15, 0.2) is 0 Å². The van der Waals surface area contributed by atoms with Crippen molar-refractivity contribution >= 4 is 42.4 Å². The summed E-state index contributed by atoms with van der Waals surface area (Å²) in [5, 5.41) is 0. The molecule has 1 atom stereocenters. The number of hydrogen-bond donors (Lipinski definition) is 3. The third-order valence-electron chi connectivity index (χ3n) is 6.09. The molecule has 0 aliphatic carbocycles. The summed E-state index contributed by atoms with van der Waals surface area (Å²) in [5.74, 6) is 0.187. The van der Waals surface area contributed by atoms with Crippen LogP contribution in [0.3, 0.4) is 0 Å². The first-order chi connectivity index (χ1) is 16.5. The molecule has 0 aromatic heterocycles. The molecule has 0 bridgehead atoms. The Hall–Kier alpha value is -1.78. The molecule has 1 aromatic rings. The van der Waals surface area contributed by atoms with Crippen molar-refractivity contribution in [2.45, 2.75) is 58.9 Å². The SMILES string of the molecule is CCCCOc1cc(C(=O)OCCN(CC)CC)ccc1NNC(=O)C(N)CC1CCOCC1.Cl.Cl. The average molecular weight is 552 g/mol. The maximum absolute atomic E-state index is 12.5. The molecule has 1 aromatic carbocycles. The number of carbonyl (C=O) groups is 2. The summed E-state index contributed by atoms with van der Waals surface area (Å²) in [6.07, 6.45) is 4.33. The Bertz CT molecular complexity index is 762. The van der Waals surface area contributed by atoms with Crippen molar-refractivity contribution in [3.05, 3.63) is 23.8 Å². The molecule has 0 saturated carbocycles. The van der Waals surface area contributed by atoms with Crippen molar-refractivity contribution < 1.29 is 23.8 Å². The van der Waals surface area contributed by atoms with E-state index in [2.05, 4.69) is 36.5 Å². The van der Waals surface area contributed by atoms with Gasteiger partial charge in [0.1, 0.15) is 12.4 Å². The molecule has 36 heavy (non-hydrogen) atoms. The predicted octanol–water partition coefficient (Wildman–Crippen LogP) is 3.79. The van der Waals surface area contributed by atoms with Gasteiger partial charge in [-0.3, -0.25) is 15.6 Å². The van der Waals surface area contributed by atoms with Gasteiger partial charge in [-0.05, 0) is 62.9 Å². The highest BCUT2D eigenvalue weighted by atomic mass is 35.5. The van der Waals surface area contributed by atoms with Crippen molar-refractivity contribution in [3.63, 3.8) is 0 Å². The highest BCUT2D eigenvalue weighted by Gasteiger charge is 2.22. The van der Waals surface area contributed by atoms with Crippen LogP contribution in [0.2, 0.25) is 0 Å². The maximum Gasteiger partial charge on any atom is 0.338 e. The number of hydrogen-bond acceptors (Lipinski definition) is 8. The lowest BCUT2D eigenvalue weighted by Gasteiger charge is -2.24. The zero-order chi connectivity index (χ0) is 24.8. The van der Waals surface area contributed by atoms with Gasteiger partial charge in [0.2, 0.25) is 0 Å². The fraction of sp³-hybridized carbons (Fsp3) is 0.680. The zero-order valence-electron chi connectivity index (χ0n) is 21.8. The van der Waals surface area contributed by atoms with Crippen LogP contribution >= 0.6 is 24.8 Å². The molecule has 1 amide bonds. The van der Waals surface area contributed by atoms with Gasteiger partial charge in [0, 0.05) is 19.8 Å². The molecule has 4 N–H and O–H groups in total. The second-order valence-corrected chi connectivity index (χ2v) is 8.59. The van der Waals surface area contributed by atoms with E-state index in [9.17, 15) is 9.59 Å². The van der Waals surface area contributed by atoms with Crippen LogP contribution in [0.15, 0.2) is 18.2 Å². The molecule has 1 heterocycles. The number of nitrogens with zero attached hydrogens (tertiary/aromatic N) is 1. The molecule has 9 nitrogen and oxygen atoms in total. The monoisotopic (exact) mass is 550 g/mol. The van der Waals surface area contributed by atoms with Crippen LogP contribution in [0.1, 0.15) is 63.2 Å². The number of nitrogens with two attached hydrogens (primary N) is 1. The molecule has 0 radical (unpaired) electrons. The molecule has 1 unspecified atom stereocenters. The molecular formula is C25H44Cl2N4O5. The lowest BCUT2D eigenvalue weighted by atomic mass is 9.92. The first kappa shape index (κ1) is 34.2. The number of halogens is 2. The zero-order valence-corrected chi connectivity index (χ0v) is 23.4. The van der Waals surface area contributed by atoms with E-state index in [-0.39, 0.29) is 30.7 Å². The molecule has 2 rings (SSSR count). The van der Waals surface area contributed by atoms with E-state index >= 15 is 0 Å².